The number of hydrogen-bond acceptors (Lipinski definition) is 5. The molecule has 0 saturated carbocycles. The second-order valence-electron chi connectivity index (χ2n) is 5.46. The van der Waals surface area contributed by atoms with Gasteiger partial charge in [0, 0.05) is 22.4 Å². The van der Waals surface area contributed by atoms with Gasteiger partial charge in [0.25, 0.3) is 5.91 Å². The summed E-state index contributed by atoms with van der Waals surface area (Å²) >= 11 is 2.91. The van der Waals surface area contributed by atoms with Crippen LogP contribution in [0.25, 0.3) is 0 Å². The van der Waals surface area contributed by atoms with E-state index in [-0.39, 0.29) is 18.2 Å². The zero-order valence-corrected chi connectivity index (χ0v) is 15.3. The summed E-state index contributed by atoms with van der Waals surface area (Å²) in [5, 5.41) is 9.66. The number of rotatable bonds is 7. The van der Waals surface area contributed by atoms with Gasteiger partial charge in [-0.25, -0.2) is 9.37 Å². The van der Waals surface area contributed by atoms with Crippen LogP contribution in [0.1, 0.15) is 20.9 Å². The number of aromatic nitrogens is 1. The van der Waals surface area contributed by atoms with Crippen molar-refractivity contribution < 1.29 is 14.0 Å². The summed E-state index contributed by atoms with van der Waals surface area (Å²) in [5.41, 5.74) is 0.937. The fraction of sp³-hybridized carbons (Fsp3) is 0.167. The molecule has 0 fully saturated rings. The van der Waals surface area contributed by atoms with Crippen LogP contribution in [0, 0.1) is 5.82 Å². The highest BCUT2D eigenvalue weighted by Gasteiger charge is 2.11. The number of carbonyl (C=O) groups is 2. The Morgan fingerprint density at radius 1 is 1.12 bits per heavy atom. The quantitative estimate of drug-likeness (QED) is 0.650. The minimum absolute atomic E-state index is 0.108. The van der Waals surface area contributed by atoms with Crippen LogP contribution in [0.3, 0.4) is 0 Å². The topological polar surface area (TPSA) is 71.1 Å². The van der Waals surface area contributed by atoms with E-state index in [0.29, 0.717) is 22.9 Å². The van der Waals surface area contributed by atoms with Gasteiger partial charge in [0.2, 0.25) is 5.91 Å². The summed E-state index contributed by atoms with van der Waals surface area (Å²) in [5.74, 6) is -0.877. The SMILES string of the molecule is O=C(Cc1csc(NC(=O)c2ccc(F)cc2)n1)NCCc1cccs1. The predicted octanol–water partition coefficient (Wildman–Crippen LogP) is 3.50. The van der Waals surface area contributed by atoms with Crippen LogP contribution in [0.15, 0.2) is 47.2 Å². The molecule has 1 aromatic carbocycles. The fourth-order valence-electron chi connectivity index (χ4n) is 2.22. The van der Waals surface area contributed by atoms with Gasteiger partial charge < -0.3 is 5.32 Å². The first-order valence-electron chi connectivity index (χ1n) is 7.90. The fourth-order valence-corrected chi connectivity index (χ4v) is 3.64. The highest BCUT2D eigenvalue weighted by molar-refractivity contribution is 7.14. The molecule has 0 saturated heterocycles. The summed E-state index contributed by atoms with van der Waals surface area (Å²) in [6, 6.07) is 9.28. The molecule has 0 aliphatic heterocycles. The van der Waals surface area contributed by atoms with Crippen LogP contribution >= 0.6 is 22.7 Å². The Labute approximate surface area is 157 Å². The normalized spacial score (nSPS) is 10.5. The van der Waals surface area contributed by atoms with E-state index >= 15 is 0 Å². The van der Waals surface area contributed by atoms with Gasteiger partial charge in [-0.1, -0.05) is 6.07 Å². The summed E-state index contributed by atoms with van der Waals surface area (Å²) in [4.78, 5) is 29.5. The Bertz CT molecular complexity index is 876. The summed E-state index contributed by atoms with van der Waals surface area (Å²) in [7, 11) is 0. The van der Waals surface area contributed by atoms with Crippen molar-refractivity contribution >= 4 is 39.6 Å². The smallest absolute Gasteiger partial charge is 0.257 e. The molecule has 2 heterocycles. The van der Waals surface area contributed by atoms with E-state index < -0.39 is 5.82 Å². The second-order valence-corrected chi connectivity index (χ2v) is 7.35. The van der Waals surface area contributed by atoms with E-state index in [0.717, 1.165) is 6.42 Å². The van der Waals surface area contributed by atoms with Crippen LogP contribution in [0.4, 0.5) is 9.52 Å². The minimum Gasteiger partial charge on any atom is -0.355 e. The van der Waals surface area contributed by atoms with Gasteiger partial charge in [-0.2, -0.15) is 0 Å². The third-order valence-electron chi connectivity index (χ3n) is 3.49. The third kappa shape index (κ3) is 5.21. The summed E-state index contributed by atoms with van der Waals surface area (Å²) in [6.45, 7) is 0.581. The average Bonchev–Trinajstić information content (AvgIpc) is 3.28. The van der Waals surface area contributed by atoms with Crippen molar-refractivity contribution in [3.05, 3.63) is 69.1 Å². The zero-order valence-electron chi connectivity index (χ0n) is 13.7. The molecule has 2 aromatic heterocycles. The molecule has 2 amide bonds. The molecular formula is C18H16FN3O2S2. The van der Waals surface area contributed by atoms with Gasteiger partial charge in [0.05, 0.1) is 12.1 Å². The molecule has 26 heavy (non-hydrogen) atoms. The molecule has 2 N–H and O–H groups in total. The van der Waals surface area contributed by atoms with Gasteiger partial charge >= 0.3 is 0 Å². The van der Waals surface area contributed by atoms with Crippen molar-refractivity contribution in [2.75, 3.05) is 11.9 Å². The van der Waals surface area contributed by atoms with E-state index in [2.05, 4.69) is 15.6 Å². The maximum Gasteiger partial charge on any atom is 0.257 e. The molecule has 0 aliphatic rings. The number of nitrogens with zero attached hydrogens (tertiary/aromatic N) is 1. The molecule has 5 nitrogen and oxygen atoms in total. The van der Waals surface area contributed by atoms with Gasteiger partial charge in [-0.3, -0.25) is 14.9 Å². The van der Waals surface area contributed by atoms with Crippen molar-refractivity contribution in [3.63, 3.8) is 0 Å². The summed E-state index contributed by atoms with van der Waals surface area (Å²) < 4.78 is 12.9. The van der Waals surface area contributed by atoms with E-state index in [4.69, 9.17) is 0 Å². The largest absolute Gasteiger partial charge is 0.355 e. The van der Waals surface area contributed by atoms with Crippen LogP contribution in [-0.2, 0) is 17.6 Å². The van der Waals surface area contributed by atoms with E-state index in [9.17, 15) is 14.0 Å². The first-order valence-corrected chi connectivity index (χ1v) is 9.66. The lowest BCUT2D eigenvalue weighted by atomic mass is 10.2. The van der Waals surface area contributed by atoms with E-state index in [1.54, 1.807) is 16.7 Å². The lowest BCUT2D eigenvalue weighted by Crippen LogP contribution is -2.27. The Morgan fingerprint density at radius 2 is 1.92 bits per heavy atom. The number of thiazole rings is 1. The molecule has 3 aromatic rings. The molecule has 134 valence electrons. The van der Waals surface area contributed by atoms with E-state index in [1.165, 1.54) is 40.5 Å². The number of amides is 2. The predicted molar refractivity (Wildman–Crippen MR) is 101 cm³/mol. The molecule has 3 rings (SSSR count). The second kappa shape index (κ2) is 8.68. The van der Waals surface area contributed by atoms with Crippen LogP contribution in [0.5, 0.6) is 0 Å². The van der Waals surface area contributed by atoms with Crippen LogP contribution < -0.4 is 10.6 Å². The molecule has 0 atom stereocenters. The van der Waals surface area contributed by atoms with Crippen molar-refractivity contribution in [2.24, 2.45) is 0 Å². The van der Waals surface area contributed by atoms with Crippen LogP contribution in [-0.4, -0.2) is 23.3 Å². The number of halogens is 1. The molecule has 0 unspecified atom stereocenters. The number of carbonyl (C=O) groups excluding carboxylic acids is 2. The first kappa shape index (κ1) is 18.2. The zero-order chi connectivity index (χ0) is 18.4. The van der Waals surface area contributed by atoms with Gasteiger partial charge in [-0.05, 0) is 42.1 Å². The number of benzene rings is 1. The molecule has 8 heteroatoms. The maximum atomic E-state index is 12.9. The third-order valence-corrected chi connectivity index (χ3v) is 5.24. The number of thiophene rings is 1. The average molecular weight is 389 g/mol. The summed E-state index contributed by atoms with van der Waals surface area (Å²) in [6.07, 6.45) is 0.965. The molecule has 0 spiro atoms. The molecular weight excluding hydrogens is 373 g/mol. The first-order chi connectivity index (χ1) is 12.6. The van der Waals surface area contributed by atoms with Crippen molar-refractivity contribution in [3.8, 4) is 0 Å². The van der Waals surface area contributed by atoms with Gasteiger partial charge in [-0.15, -0.1) is 22.7 Å². The Kier molecular flexibility index (Phi) is 6.08. The number of hydrogen-bond donors (Lipinski definition) is 2. The monoisotopic (exact) mass is 389 g/mol. The van der Waals surface area contributed by atoms with Crippen molar-refractivity contribution in [1.82, 2.24) is 10.3 Å². The lowest BCUT2D eigenvalue weighted by molar-refractivity contribution is -0.120. The number of anilines is 1. The standard InChI is InChI=1S/C18H16FN3O2S2/c19-13-5-3-12(4-6-13)17(24)22-18-21-14(11-26-18)10-16(23)20-8-7-15-2-1-9-25-15/h1-6,9,11H,7-8,10H2,(H,20,23)(H,21,22,24). The van der Waals surface area contributed by atoms with Crippen molar-refractivity contribution in [2.45, 2.75) is 12.8 Å². The highest BCUT2D eigenvalue weighted by atomic mass is 32.1. The molecule has 0 bridgehead atoms. The van der Waals surface area contributed by atoms with Crippen LogP contribution in [0.2, 0.25) is 0 Å². The van der Waals surface area contributed by atoms with Crippen molar-refractivity contribution in [1.29, 1.82) is 0 Å². The van der Waals surface area contributed by atoms with Gasteiger partial charge in [0.1, 0.15) is 5.82 Å². The lowest BCUT2D eigenvalue weighted by Gasteiger charge is -2.03. The Balaban J connectivity index is 1.47. The maximum absolute atomic E-state index is 12.9. The highest BCUT2D eigenvalue weighted by Crippen LogP contribution is 2.17. The minimum atomic E-state index is -0.400. The van der Waals surface area contributed by atoms with Gasteiger partial charge in [0.15, 0.2) is 5.13 Å². The van der Waals surface area contributed by atoms with E-state index in [1.807, 2.05) is 17.5 Å². The molecule has 0 radical (unpaired) electrons. The Hall–Kier alpha value is -2.58. The number of nitrogens with one attached hydrogen (secondary N) is 2. The Morgan fingerprint density at radius 3 is 2.65 bits per heavy atom. The molecule has 0 aliphatic carbocycles.